The van der Waals surface area contributed by atoms with Crippen molar-refractivity contribution >= 4 is 34.4 Å². The summed E-state index contributed by atoms with van der Waals surface area (Å²) in [7, 11) is 8.98. The maximum Gasteiger partial charge on any atom is 0.261 e. The zero-order chi connectivity index (χ0) is 35.9. The highest BCUT2D eigenvalue weighted by Crippen LogP contribution is 2.33. The number of halogens is 2. The smallest absolute Gasteiger partial charge is 0.261 e. The molecule has 0 spiro atoms. The van der Waals surface area contributed by atoms with E-state index in [1.54, 1.807) is 6.07 Å². The summed E-state index contributed by atoms with van der Waals surface area (Å²) in [5.74, 6) is -0.753. The first-order valence-corrected chi connectivity index (χ1v) is 17.8. The number of unbranched alkanes of at least 4 members (excludes halogenated alkanes) is 3. The van der Waals surface area contributed by atoms with E-state index in [2.05, 4.69) is 55.9 Å². The van der Waals surface area contributed by atoms with E-state index in [9.17, 15) is 19.2 Å². The van der Waals surface area contributed by atoms with Crippen molar-refractivity contribution in [1.29, 1.82) is 0 Å². The minimum absolute atomic E-state index is 0. The summed E-state index contributed by atoms with van der Waals surface area (Å²) >= 11 is 0. The molecule has 0 aliphatic carbocycles. The normalized spacial score (nSPS) is 14.9. The second kappa shape index (κ2) is 16.0. The summed E-state index contributed by atoms with van der Waals surface area (Å²) < 4.78 is 1.65. The van der Waals surface area contributed by atoms with E-state index in [-0.39, 0.29) is 68.4 Å². The third-order valence-corrected chi connectivity index (χ3v) is 10.1. The minimum atomic E-state index is -0.255. The van der Waals surface area contributed by atoms with Crippen LogP contribution in [0.15, 0.2) is 54.6 Å². The minimum Gasteiger partial charge on any atom is -1.00 e. The van der Waals surface area contributed by atoms with Crippen LogP contribution in [-0.2, 0) is 0 Å². The maximum atomic E-state index is 13.5. The van der Waals surface area contributed by atoms with Crippen molar-refractivity contribution in [2.45, 2.75) is 60.3 Å². The summed E-state index contributed by atoms with van der Waals surface area (Å²) in [6.07, 6.45) is 4.51. The Kier molecular flexibility index (Phi) is 13.3. The number of aryl methyl sites for hydroxylation is 1. The number of amides is 4. The Morgan fingerprint density at radius 2 is 0.961 bits per heavy atom. The maximum absolute atomic E-state index is 13.5. The van der Waals surface area contributed by atoms with Crippen LogP contribution in [0.2, 0.25) is 0 Å². The van der Waals surface area contributed by atoms with Crippen LogP contribution in [-0.4, -0.2) is 110 Å². The van der Waals surface area contributed by atoms with Crippen molar-refractivity contribution in [3.8, 4) is 0 Å². The fourth-order valence-electron chi connectivity index (χ4n) is 8.64. The highest BCUT2D eigenvalue weighted by atomic mass is 79.9. The van der Waals surface area contributed by atoms with E-state index in [0.29, 0.717) is 35.3 Å². The van der Waals surface area contributed by atoms with Gasteiger partial charge >= 0.3 is 0 Å². The molecule has 8 nitrogen and oxygen atoms in total. The van der Waals surface area contributed by atoms with Crippen LogP contribution >= 0.6 is 0 Å². The lowest BCUT2D eigenvalue weighted by atomic mass is 9.88. The molecule has 2 aliphatic heterocycles. The summed E-state index contributed by atoms with van der Waals surface area (Å²) in [4.78, 5) is 56.0. The van der Waals surface area contributed by atoms with Gasteiger partial charge in [0, 0.05) is 40.4 Å². The molecule has 0 N–H and O–H groups in total. The average molecular weight is 829 g/mol. The van der Waals surface area contributed by atoms with Gasteiger partial charge in [0.05, 0.1) is 65.5 Å². The number of quaternary nitrogens is 2. The Balaban J connectivity index is 0.00000351. The molecule has 4 amide bonds. The second-order valence-corrected chi connectivity index (χ2v) is 17.5. The summed E-state index contributed by atoms with van der Waals surface area (Å²) in [6, 6.07) is 16.8. The lowest BCUT2D eigenvalue weighted by molar-refractivity contribution is -0.897. The highest BCUT2D eigenvalue weighted by Gasteiger charge is 2.41. The highest BCUT2D eigenvalue weighted by molar-refractivity contribution is 6.25. The van der Waals surface area contributed by atoms with Crippen LogP contribution < -0.4 is 34.0 Å². The Bertz CT molecular complexity index is 1750. The Morgan fingerprint density at radius 3 is 1.41 bits per heavy atom. The van der Waals surface area contributed by atoms with E-state index < -0.39 is 0 Å². The lowest BCUT2D eigenvalue weighted by Gasteiger charge is -2.40. The molecule has 2 heterocycles. The Hall–Kier alpha value is -2.92. The van der Waals surface area contributed by atoms with E-state index >= 15 is 0 Å². The molecule has 3 aromatic carbocycles. The summed E-state index contributed by atoms with van der Waals surface area (Å²) in [5.41, 5.74) is 2.77. The van der Waals surface area contributed by atoms with Gasteiger partial charge in [-0.05, 0) is 62.3 Å². The van der Waals surface area contributed by atoms with E-state index in [1.807, 2.05) is 55.5 Å². The van der Waals surface area contributed by atoms with Crippen molar-refractivity contribution in [3.05, 3.63) is 82.4 Å². The second-order valence-electron chi connectivity index (χ2n) is 17.5. The molecule has 278 valence electrons. The molecule has 0 saturated heterocycles. The van der Waals surface area contributed by atoms with Crippen LogP contribution in [0.4, 0.5) is 0 Å². The first-order valence-electron chi connectivity index (χ1n) is 17.8. The Morgan fingerprint density at radius 1 is 0.549 bits per heavy atom. The van der Waals surface area contributed by atoms with E-state index in [0.717, 1.165) is 77.2 Å². The van der Waals surface area contributed by atoms with Gasteiger partial charge in [0.2, 0.25) is 0 Å². The third kappa shape index (κ3) is 9.75. The predicted octanol–water partition coefficient (Wildman–Crippen LogP) is 0.814. The van der Waals surface area contributed by atoms with Gasteiger partial charge < -0.3 is 42.9 Å². The predicted molar refractivity (Wildman–Crippen MR) is 196 cm³/mol. The standard InChI is InChI=1S/C41H56N4O4.2BrH/c1-29-20-21-31-34(24-29)39(49)42(36(31)46)25-40(2,3)27-44(6,7)22-12-10-11-13-23-45(8,9)28-41(4,5)26-43-37(47)32-18-14-16-30-17-15-19-33(35(30)32)38(43)48;;/h14-21,24H,10-13,22-23,25-28H2,1-9H3;2*1H/q+2;;/p-2. The van der Waals surface area contributed by atoms with Gasteiger partial charge in [0.1, 0.15) is 0 Å². The molecule has 0 fully saturated rings. The molecular formula is C41H56Br2N4O4. The number of hydrogen-bond acceptors (Lipinski definition) is 4. The molecule has 0 unspecified atom stereocenters. The molecule has 0 saturated carbocycles. The zero-order valence-electron chi connectivity index (χ0n) is 31.9. The fraction of sp³-hybridized carbons (Fsp3) is 0.512. The average Bonchev–Trinajstić information content (AvgIpc) is 3.22. The van der Waals surface area contributed by atoms with Gasteiger partial charge in [-0.1, -0.05) is 63.6 Å². The van der Waals surface area contributed by atoms with E-state index in [1.165, 1.54) is 9.80 Å². The van der Waals surface area contributed by atoms with Gasteiger partial charge in [-0.15, -0.1) is 0 Å². The quantitative estimate of drug-likeness (QED) is 0.129. The van der Waals surface area contributed by atoms with Crippen molar-refractivity contribution < 1.29 is 62.1 Å². The van der Waals surface area contributed by atoms with Gasteiger partial charge in [-0.3, -0.25) is 29.0 Å². The number of carbonyl (C=O) groups is 4. The Labute approximate surface area is 325 Å². The lowest BCUT2D eigenvalue weighted by Crippen LogP contribution is -3.00. The molecular weight excluding hydrogens is 772 g/mol. The molecule has 0 bridgehead atoms. The van der Waals surface area contributed by atoms with Gasteiger partial charge in [0.15, 0.2) is 0 Å². The molecule has 0 atom stereocenters. The van der Waals surface area contributed by atoms with Crippen molar-refractivity contribution in [1.82, 2.24) is 9.80 Å². The SMILES string of the molecule is Cc1ccc2c(c1)C(=O)N(CC(C)(C)C[N+](C)(C)CCCCCC[N+](C)(C)CC(C)(C)CN1C(=O)c3cccc4cccc(c34)C1=O)C2=O.[Br-].[Br-]. The zero-order valence-corrected chi connectivity index (χ0v) is 35.1. The van der Waals surface area contributed by atoms with Crippen molar-refractivity contribution in [2.24, 2.45) is 10.8 Å². The van der Waals surface area contributed by atoms with Crippen molar-refractivity contribution in [3.63, 3.8) is 0 Å². The monoisotopic (exact) mass is 826 g/mol. The van der Waals surface area contributed by atoms with Gasteiger partial charge in [0.25, 0.3) is 23.6 Å². The van der Waals surface area contributed by atoms with Crippen LogP contribution in [0.3, 0.4) is 0 Å². The number of hydrogen-bond donors (Lipinski definition) is 0. The third-order valence-electron chi connectivity index (χ3n) is 10.1. The van der Waals surface area contributed by atoms with Crippen molar-refractivity contribution in [2.75, 3.05) is 67.5 Å². The molecule has 2 aliphatic rings. The number of benzene rings is 3. The number of nitrogens with zero attached hydrogens (tertiary/aromatic N) is 4. The van der Waals surface area contributed by atoms with Crippen LogP contribution in [0.25, 0.3) is 10.8 Å². The topological polar surface area (TPSA) is 74.8 Å². The molecule has 3 aromatic rings. The first kappa shape index (κ1) is 42.5. The fourth-order valence-corrected chi connectivity index (χ4v) is 8.64. The largest absolute Gasteiger partial charge is 1.00 e. The summed E-state index contributed by atoms with van der Waals surface area (Å²) in [6.45, 7) is 15.1. The molecule has 5 rings (SSSR count). The van der Waals surface area contributed by atoms with Crippen LogP contribution in [0.5, 0.6) is 0 Å². The summed E-state index contributed by atoms with van der Waals surface area (Å²) in [5, 5.41) is 1.70. The molecule has 10 heteroatoms. The van der Waals surface area contributed by atoms with Gasteiger partial charge in [-0.2, -0.15) is 0 Å². The number of fused-ring (bicyclic) bond motifs is 1. The van der Waals surface area contributed by atoms with E-state index in [4.69, 9.17) is 0 Å². The number of carbonyl (C=O) groups excluding carboxylic acids is 4. The number of rotatable bonds is 15. The molecule has 0 radical (unpaired) electrons. The molecule has 0 aromatic heterocycles. The van der Waals surface area contributed by atoms with Crippen LogP contribution in [0.1, 0.15) is 100 Å². The first-order chi connectivity index (χ1) is 22.8. The molecule has 51 heavy (non-hydrogen) atoms. The number of imide groups is 2. The van der Waals surface area contributed by atoms with Crippen LogP contribution in [0, 0.1) is 17.8 Å². The van der Waals surface area contributed by atoms with Gasteiger partial charge in [-0.25, -0.2) is 0 Å².